The first-order valence-electron chi connectivity index (χ1n) is 9.47. The summed E-state index contributed by atoms with van der Waals surface area (Å²) in [5.74, 6) is 2.16. The maximum atomic E-state index is 12.7. The first-order chi connectivity index (χ1) is 13.6. The van der Waals surface area contributed by atoms with E-state index in [0.717, 1.165) is 54.3 Å². The van der Waals surface area contributed by atoms with Crippen LogP contribution in [-0.2, 0) is 11.4 Å². The third kappa shape index (κ3) is 3.94. The number of aromatic nitrogens is 1. The SMILES string of the molecule is COc1cc(/C=C2/N=C3CCCCCN3C2=O)ccc1OCc1csc(C)n1. The zero-order valence-corrected chi connectivity index (χ0v) is 16.9. The lowest BCUT2D eigenvalue weighted by Crippen LogP contribution is -2.31. The molecule has 4 rings (SSSR count). The quantitative estimate of drug-likeness (QED) is 0.710. The molecular weight excluding hydrogens is 374 g/mol. The first-order valence-corrected chi connectivity index (χ1v) is 10.3. The molecule has 6 nitrogen and oxygen atoms in total. The Labute approximate surface area is 168 Å². The molecule has 1 aromatic heterocycles. The summed E-state index contributed by atoms with van der Waals surface area (Å²) in [6, 6.07) is 5.63. The summed E-state index contributed by atoms with van der Waals surface area (Å²) in [6.45, 7) is 3.13. The van der Waals surface area contributed by atoms with E-state index in [4.69, 9.17) is 9.47 Å². The third-order valence-electron chi connectivity index (χ3n) is 4.84. The van der Waals surface area contributed by atoms with Crippen LogP contribution in [0.2, 0.25) is 0 Å². The van der Waals surface area contributed by atoms with Crippen molar-refractivity contribution in [1.29, 1.82) is 0 Å². The van der Waals surface area contributed by atoms with E-state index in [-0.39, 0.29) is 5.91 Å². The molecule has 0 N–H and O–H groups in total. The molecular formula is C21H23N3O3S. The minimum absolute atomic E-state index is 0.00454. The first kappa shape index (κ1) is 18.7. The highest BCUT2D eigenvalue weighted by molar-refractivity contribution is 7.09. The molecule has 7 heteroatoms. The molecule has 1 amide bonds. The Morgan fingerprint density at radius 3 is 2.93 bits per heavy atom. The summed E-state index contributed by atoms with van der Waals surface area (Å²) < 4.78 is 11.3. The lowest BCUT2D eigenvalue weighted by Gasteiger charge is -2.14. The summed E-state index contributed by atoms with van der Waals surface area (Å²) in [7, 11) is 1.61. The van der Waals surface area contributed by atoms with E-state index in [0.29, 0.717) is 23.8 Å². The van der Waals surface area contributed by atoms with Crippen molar-refractivity contribution in [3.8, 4) is 11.5 Å². The zero-order chi connectivity index (χ0) is 19.5. The van der Waals surface area contributed by atoms with E-state index in [9.17, 15) is 4.79 Å². The van der Waals surface area contributed by atoms with Crippen molar-refractivity contribution in [2.45, 2.75) is 39.2 Å². The molecule has 2 aliphatic heterocycles. The van der Waals surface area contributed by atoms with Crippen molar-refractivity contribution in [1.82, 2.24) is 9.88 Å². The topological polar surface area (TPSA) is 64.0 Å². The van der Waals surface area contributed by atoms with Crippen LogP contribution in [-0.4, -0.2) is 35.3 Å². The minimum Gasteiger partial charge on any atom is -0.493 e. The van der Waals surface area contributed by atoms with Crippen LogP contribution < -0.4 is 9.47 Å². The van der Waals surface area contributed by atoms with Crippen molar-refractivity contribution in [2.24, 2.45) is 4.99 Å². The van der Waals surface area contributed by atoms with Gasteiger partial charge in [-0.25, -0.2) is 9.98 Å². The zero-order valence-electron chi connectivity index (χ0n) is 16.1. The van der Waals surface area contributed by atoms with Gasteiger partial charge < -0.3 is 9.47 Å². The normalized spacial score (nSPS) is 18.1. The largest absolute Gasteiger partial charge is 0.493 e. The Morgan fingerprint density at radius 2 is 2.14 bits per heavy atom. The fraction of sp³-hybridized carbons (Fsp3) is 0.381. The molecule has 0 spiro atoms. The summed E-state index contributed by atoms with van der Waals surface area (Å²) in [4.78, 5) is 23.5. The highest BCUT2D eigenvalue weighted by Gasteiger charge is 2.30. The molecule has 0 radical (unpaired) electrons. The number of rotatable bonds is 5. The number of amides is 1. The number of aliphatic imine (C=N–C) groups is 1. The van der Waals surface area contributed by atoms with E-state index in [2.05, 4.69) is 9.98 Å². The van der Waals surface area contributed by atoms with Crippen LogP contribution in [0.5, 0.6) is 11.5 Å². The lowest BCUT2D eigenvalue weighted by atomic mass is 10.1. The molecule has 1 fully saturated rings. The van der Waals surface area contributed by atoms with Gasteiger partial charge >= 0.3 is 0 Å². The number of carbonyl (C=O) groups excluding carboxylic acids is 1. The molecule has 1 saturated heterocycles. The van der Waals surface area contributed by atoms with Gasteiger partial charge in [0.25, 0.3) is 5.91 Å². The molecule has 28 heavy (non-hydrogen) atoms. The second-order valence-corrected chi connectivity index (χ2v) is 7.94. The number of amidine groups is 1. The molecule has 0 bridgehead atoms. The van der Waals surface area contributed by atoms with E-state index >= 15 is 0 Å². The predicted octanol–water partition coefficient (Wildman–Crippen LogP) is 4.19. The van der Waals surface area contributed by atoms with Crippen LogP contribution in [0.1, 0.15) is 41.9 Å². The van der Waals surface area contributed by atoms with Crippen molar-refractivity contribution >= 4 is 29.2 Å². The number of carbonyl (C=O) groups is 1. The Balaban J connectivity index is 1.52. The number of hydrogen-bond acceptors (Lipinski definition) is 6. The fourth-order valence-electron chi connectivity index (χ4n) is 3.43. The van der Waals surface area contributed by atoms with Gasteiger partial charge in [-0.3, -0.25) is 9.69 Å². The second kappa shape index (κ2) is 8.14. The van der Waals surface area contributed by atoms with Gasteiger partial charge in [-0.1, -0.05) is 12.5 Å². The smallest absolute Gasteiger partial charge is 0.277 e. The van der Waals surface area contributed by atoms with Gasteiger partial charge in [-0.2, -0.15) is 0 Å². The molecule has 1 aromatic carbocycles. The van der Waals surface area contributed by atoms with Gasteiger partial charge in [-0.15, -0.1) is 11.3 Å². The Morgan fingerprint density at radius 1 is 1.25 bits per heavy atom. The summed E-state index contributed by atoms with van der Waals surface area (Å²) in [6.07, 6.45) is 5.97. The van der Waals surface area contributed by atoms with Crippen LogP contribution in [0.15, 0.2) is 34.3 Å². The van der Waals surface area contributed by atoms with Crippen LogP contribution in [0, 0.1) is 6.92 Å². The molecule has 0 aliphatic carbocycles. The van der Waals surface area contributed by atoms with Crippen molar-refractivity contribution in [3.63, 3.8) is 0 Å². The van der Waals surface area contributed by atoms with Crippen molar-refractivity contribution < 1.29 is 14.3 Å². The van der Waals surface area contributed by atoms with Crippen molar-refractivity contribution in [3.05, 3.63) is 45.5 Å². The molecule has 2 aliphatic rings. The number of nitrogens with zero attached hydrogens (tertiary/aromatic N) is 3. The van der Waals surface area contributed by atoms with E-state index in [1.165, 1.54) is 0 Å². The second-order valence-electron chi connectivity index (χ2n) is 6.88. The molecule has 0 unspecified atom stereocenters. The number of ether oxygens (including phenoxy) is 2. The third-order valence-corrected chi connectivity index (χ3v) is 5.66. The predicted molar refractivity (Wildman–Crippen MR) is 110 cm³/mol. The van der Waals surface area contributed by atoms with E-state index in [1.807, 2.05) is 41.5 Å². The van der Waals surface area contributed by atoms with E-state index in [1.54, 1.807) is 18.4 Å². The summed E-state index contributed by atoms with van der Waals surface area (Å²) >= 11 is 1.60. The number of benzene rings is 1. The number of thiazole rings is 1. The fourth-order valence-corrected chi connectivity index (χ4v) is 4.02. The maximum Gasteiger partial charge on any atom is 0.277 e. The minimum atomic E-state index is -0.00454. The maximum absolute atomic E-state index is 12.7. The average molecular weight is 398 g/mol. The van der Waals surface area contributed by atoms with Gasteiger partial charge in [0.15, 0.2) is 11.5 Å². The highest BCUT2D eigenvalue weighted by atomic mass is 32.1. The molecule has 0 saturated carbocycles. The van der Waals surface area contributed by atoms with Crippen molar-refractivity contribution in [2.75, 3.05) is 13.7 Å². The summed E-state index contributed by atoms with van der Waals surface area (Å²) in [5.41, 5.74) is 2.25. The number of fused-ring (bicyclic) bond motifs is 1. The lowest BCUT2D eigenvalue weighted by molar-refractivity contribution is -0.122. The van der Waals surface area contributed by atoms with E-state index < -0.39 is 0 Å². The Hall–Kier alpha value is -2.67. The summed E-state index contributed by atoms with van der Waals surface area (Å²) in [5, 5.41) is 3.00. The molecule has 2 aromatic rings. The molecule has 3 heterocycles. The van der Waals surface area contributed by atoms with Crippen LogP contribution >= 0.6 is 11.3 Å². The van der Waals surface area contributed by atoms with Gasteiger partial charge in [0.2, 0.25) is 0 Å². The average Bonchev–Trinajstić information content (AvgIpc) is 3.14. The number of aryl methyl sites for hydroxylation is 1. The standard InChI is InChI=1S/C21H23N3O3S/c1-14-22-16(13-28-14)12-27-18-8-7-15(11-19(18)26-2)10-17-21(25)24-9-5-3-4-6-20(24)23-17/h7-8,10-11,13H,3-6,9,12H2,1-2H3/b17-10+. The van der Waals surface area contributed by atoms with Gasteiger partial charge in [0, 0.05) is 18.3 Å². The number of hydrogen-bond donors (Lipinski definition) is 0. The van der Waals surface area contributed by atoms with Gasteiger partial charge in [-0.05, 0) is 43.5 Å². The van der Waals surface area contributed by atoms with Gasteiger partial charge in [0.1, 0.15) is 18.1 Å². The monoisotopic (exact) mass is 397 g/mol. The number of methoxy groups -OCH3 is 1. The van der Waals surface area contributed by atoms with Crippen LogP contribution in [0.4, 0.5) is 0 Å². The van der Waals surface area contributed by atoms with Crippen LogP contribution in [0.3, 0.4) is 0 Å². The Bertz CT molecular complexity index is 948. The molecule has 146 valence electrons. The van der Waals surface area contributed by atoms with Gasteiger partial charge in [0.05, 0.1) is 17.8 Å². The Kier molecular flexibility index (Phi) is 5.43. The molecule has 0 atom stereocenters. The van der Waals surface area contributed by atoms with Crippen LogP contribution in [0.25, 0.3) is 6.08 Å². The highest BCUT2D eigenvalue weighted by Crippen LogP contribution is 2.31.